The summed E-state index contributed by atoms with van der Waals surface area (Å²) in [6.45, 7) is 3.18. The lowest BCUT2D eigenvalue weighted by atomic mass is 9.71. The number of benzene rings is 2. The van der Waals surface area contributed by atoms with E-state index in [4.69, 9.17) is 25.8 Å². The number of nitrogens with one attached hydrogen (secondary N) is 1. The molecule has 2 aromatic rings. The van der Waals surface area contributed by atoms with Gasteiger partial charge in [0.25, 0.3) is 0 Å². The Balaban J connectivity index is 1.56. The highest BCUT2D eigenvalue weighted by Crippen LogP contribution is 2.47. The third-order valence-electron chi connectivity index (χ3n) is 7.99. The van der Waals surface area contributed by atoms with Gasteiger partial charge in [0.05, 0.1) is 12.7 Å². The minimum absolute atomic E-state index is 0.0129. The van der Waals surface area contributed by atoms with Crippen molar-refractivity contribution in [2.45, 2.75) is 76.7 Å². The first kappa shape index (κ1) is 28.0. The van der Waals surface area contributed by atoms with Gasteiger partial charge in [0.1, 0.15) is 6.10 Å². The van der Waals surface area contributed by atoms with Crippen molar-refractivity contribution < 1.29 is 28.6 Å². The maximum Gasteiger partial charge on any atom is 0.337 e. The van der Waals surface area contributed by atoms with E-state index in [9.17, 15) is 14.4 Å². The fourth-order valence-corrected chi connectivity index (χ4v) is 6.24. The maximum absolute atomic E-state index is 13.9. The van der Waals surface area contributed by atoms with Crippen LogP contribution in [0.4, 0.5) is 0 Å². The van der Waals surface area contributed by atoms with Crippen molar-refractivity contribution in [2.75, 3.05) is 7.11 Å². The lowest BCUT2D eigenvalue weighted by Crippen LogP contribution is -2.37. The van der Waals surface area contributed by atoms with Crippen LogP contribution in [0.15, 0.2) is 65.0 Å². The van der Waals surface area contributed by atoms with Crippen LogP contribution >= 0.6 is 11.6 Å². The Morgan fingerprint density at radius 3 is 2.33 bits per heavy atom. The molecule has 0 spiro atoms. The van der Waals surface area contributed by atoms with Gasteiger partial charge in [-0.1, -0.05) is 36.2 Å². The standard InChI is InChI=1S/C32H34ClNO6/c1-18-29(32(37)40-24-7-5-4-6-8-24)30(21-11-14-27(39-19(2)35)28(17-21)38-3)31-25(34-18)15-22(16-26(31)36)20-9-12-23(33)13-10-20/h9-14,17,22,24,30,34H,4-8,15-16H2,1-3H3/t22-,30-/m1/s1. The van der Waals surface area contributed by atoms with Gasteiger partial charge in [0.2, 0.25) is 0 Å². The van der Waals surface area contributed by atoms with Crippen LogP contribution in [-0.2, 0) is 19.1 Å². The van der Waals surface area contributed by atoms with Crippen LogP contribution in [0.5, 0.6) is 11.5 Å². The predicted octanol–water partition coefficient (Wildman–Crippen LogP) is 6.51. The Kier molecular flexibility index (Phi) is 8.31. The van der Waals surface area contributed by atoms with Crippen LogP contribution in [0.25, 0.3) is 0 Å². The van der Waals surface area contributed by atoms with E-state index in [1.165, 1.54) is 14.0 Å². The summed E-state index contributed by atoms with van der Waals surface area (Å²) in [4.78, 5) is 39.3. The molecule has 1 aliphatic heterocycles. The first-order valence-electron chi connectivity index (χ1n) is 13.8. The number of dihydropyridines is 1. The smallest absolute Gasteiger partial charge is 0.337 e. The monoisotopic (exact) mass is 563 g/mol. The SMILES string of the molecule is COc1cc([C@@H]2C(C(=O)OC3CCCCC3)=C(C)NC3=C2C(=O)C[C@H](c2ccc(Cl)cc2)C3)ccc1OC(C)=O. The van der Waals surface area contributed by atoms with Crippen LogP contribution in [0, 0.1) is 0 Å². The number of ether oxygens (including phenoxy) is 3. The average molecular weight is 564 g/mol. The van der Waals surface area contributed by atoms with Gasteiger partial charge >= 0.3 is 11.9 Å². The van der Waals surface area contributed by atoms with Gasteiger partial charge < -0.3 is 19.5 Å². The third-order valence-corrected chi connectivity index (χ3v) is 8.24. The number of rotatable bonds is 6. The van der Waals surface area contributed by atoms with Crippen molar-refractivity contribution in [2.24, 2.45) is 0 Å². The molecule has 1 fully saturated rings. The fraction of sp³-hybridized carbons (Fsp3) is 0.406. The number of Topliss-reactive ketones (excluding diaryl/α,β-unsaturated/α-hetero) is 1. The summed E-state index contributed by atoms with van der Waals surface area (Å²) in [7, 11) is 1.49. The molecule has 2 aromatic carbocycles. The summed E-state index contributed by atoms with van der Waals surface area (Å²) in [6.07, 6.45) is 5.70. The zero-order valence-electron chi connectivity index (χ0n) is 23.1. The molecule has 0 saturated heterocycles. The van der Waals surface area contributed by atoms with Crippen molar-refractivity contribution in [3.05, 3.63) is 81.2 Å². The number of methoxy groups -OCH3 is 1. The molecule has 210 valence electrons. The Labute approximate surface area is 239 Å². The average Bonchev–Trinajstić information content (AvgIpc) is 2.93. The summed E-state index contributed by atoms with van der Waals surface area (Å²) in [5.41, 5.74) is 4.18. The van der Waals surface area contributed by atoms with E-state index >= 15 is 0 Å². The van der Waals surface area contributed by atoms with Crippen molar-refractivity contribution in [1.29, 1.82) is 0 Å². The Hall–Kier alpha value is -3.58. The summed E-state index contributed by atoms with van der Waals surface area (Å²) < 4.78 is 16.9. The Morgan fingerprint density at radius 2 is 1.65 bits per heavy atom. The number of carbonyl (C=O) groups is 3. The molecule has 1 heterocycles. The summed E-state index contributed by atoms with van der Waals surface area (Å²) in [6, 6.07) is 12.7. The van der Waals surface area contributed by atoms with Crippen LogP contribution < -0.4 is 14.8 Å². The zero-order chi connectivity index (χ0) is 28.4. The Bertz CT molecular complexity index is 1390. The van der Waals surface area contributed by atoms with Crippen LogP contribution in [0.3, 0.4) is 0 Å². The molecule has 5 rings (SSSR count). The number of hydrogen-bond acceptors (Lipinski definition) is 7. The van der Waals surface area contributed by atoms with Gasteiger partial charge in [-0.05, 0) is 80.3 Å². The van der Waals surface area contributed by atoms with Crippen molar-refractivity contribution in [1.82, 2.24) is 5.32 Å². The van der Waals surface area contributed by atoms with Crippen LogP contribution in [0.1, 0.15) is 81.8 Å². The molecular formula is C32H34ClNO6. The molecule has 1 N–H and O–H groups in total. The van der Waals surface area contributed by atoms with Crippen molar-refractivity contribution >= 4 is 29.3 Å². The molecule has 0 amide bonds. The van der Waals surface area contributed by atoms with Gasteiger partial charge in [0, 0.05) is 41.3 Å². The zero-order valence-corrected chi connectivity index (χ0v) is 23.8. The molecule has 2 aliphatic carbocycles. The second-order valence-electron chi connectivity index (χ2n) is 10.7. The largest absolute Gasteiger partial charge is 0.493 e. The number of carbonyl (C=O) groups excluding carboxylic acids is 3. The van der Waals surface area contributed by atoms with Gasteiger partial charge in [-0.15, -0.1) is 0 Å². The third kappa shape index (κ3) is 5.80. The number of allylic oxidation sites excluding steroid dienone is 3. The summed E-state index contributed by atoms with van der Waals surface area (Å²) in [5.74, 6) is -0.963. The van der Waals surface area contributed by atoms with E-state index in [0.29, 0.717) is 46.0 Å². The normalized spacial score (nSPS) is 21.4. The number of hydrogen-bond donors (Lipinski definition) is 1. The molecule has 40 heavy (non-hydrogen) atoms. The molecule has 2 atom stereocenters. The molecule has 0 bridgehead atoms. The second-order valence-corrected chi connectivity index (χ2v) is 11.2. The minimum atomic E-state index is -0.647. The molecule has 0 aromatic heterocycles. The highest BCUT2D eigenvalue weighted by Gasteiger charge is 2.42. The fourth-order valence-electron chi connectivity index (χ4n) is 6.11. The first-order valence-corrected chi connectivity index (χ1v) is 14.2. The van der Waals surface area contributed by atoms with E-state index in [2.05, 4.69) is 5.32 Å². The first-order chi connectivity index (χ1) is 19.2. The quantitative estimate of drug-likeness (QED) is 0.316. The van der Waals surface area contributed by atoms with E-state index < -0.39 is 17.9 Å². The highest BCUT2D eigenvalue weighted by molar-refractivity contribution is 6.30. The lowest BCUT2D eigenvalue weighted by Gasteiger charge is -2.37. The highest BCUT2D eigenvalue weighted by atomic mass is 35.5. The molecule has 0 radical (unpaired) electrons. The molecule has 8 heteroatoms. The second kappa shape index (κ2) is 11.9. The van der Waals surface area contributed by atoms with Gasteiger partial charge in [-0.25, -0.2) is 4.79 Å². The van der Waals surface area contributed by atoms with Crippen molar-refractivity contribution in [3.63, 3.8) is 0 Å². The molecular weight excluding hydrogens is 530 g/mol. The maximum atomic E-state index is 13.9. The summed E-state index contributed by atoms with van der Waals surface area (Å²) >= 11 is 6.10. The van der Waals surface area contributed by atoms with Gasteiger partial charge in [-0.2, -0.15) is 0 Å². The minimum Gasteiger partial charge on any atom is -0.493 e. The van der Waals surface area contributed by atoms with Crippen molar-refractivity contribution in [3.8, 4) is 11.5 Å². The number of halogens is 1. The Morgan fingerprint density at radius 1 is 0.950 bits per heavy atom. The van der Waals surface area contributed by atoms with Gasteiger partial charge in [-0.3, -0.25) is 9.59 Å². The summed E-state index contributed by atoms with van der Waals surface area (Å²) in [5, 5.41) is 4.05. The van der Waals surface area contributed by atoms with Gasteiger partial charge in [0.15, 0.2) is 17.3 Å². The molecule has 0 unspecified atom stereocenters. The topological polar surface area (TPSA) is 90.9 Å². The lowest BCUT2D eigenvalue weighted by molar-refractivity contribution is -0.146. The molecule has 3 aliphatic rings. The van der Waals surface area contributed by atoms with E-state index in [1.54, 1.807) is 18.2 Å². The number of ketones is 1. The van der Waals surface area contributed by atoms with Crippen LogP contribution in [0.2, 0.25) is 5.02 Å². The van der Waals surface area contributed by atoms with Crippen LogP contribution in [-0.4, -0.2) is 30.9 Å². The van der Waals surface area contributed by atoms with E-state index in [0.717, 1.165) is 43.4 Å². The molecule has 1 saturated carbocycles. The number of esters is 2. The van der Waals surface area contributed by atoms with E-state index in [1.807, 2.05) is 31.2 Å². The molecule has 7 nitrogen and oxygen atoms in total. The van der Waals surface area contributed by atoms with E-state index in [-0.39, 0.29) is 23.6 Å². The predicted molar refractivity (Wildman–Crippen MR) is 151 cm³/mol.